The number of fused-ring (bicyclic) bond motifs is 1. The van der Waals surface area contributed by atoms with Gasteiger partial charge >= 0.3 is 0 Å². The summed E-state index contributed by atoms with van der Waals surface area (Å²) in [7, 11) is 1.81. The number of methoxy groups -OCH3 is 1. The van der Waals surface area contributed by atoms with Gasteiger partial charge in [0.1, 0.15) is 12.4 Å². The van der Waals surface area contributed by atoms with Gasteiger partial charge in [-0.15, -0.1) is 0 Å². The third-order valence-corrected chi connectivity index (χ3v) is 6.19. The van der Waals surface area contributed by atoms with Crippen LogP contribution in [0.25, 0.3) is 0 Å². The number of hydrogen-bond donors (Lipinski definition) is 0. The van der Waals surface area contributed by atoms with Crippen LogP contribution in [0.2, 0.25) is 0 Å². The number of aryl methyl sites for hydroxylation is 1. The van der Waals surface area contributed by atoms with Gasteiger partial charge in [-0.05, 0) is 42.5 Å². The third-order valence-electron chi connectivity index (χ3n) is 6.19. The lowest BCUT2D eigenvalue weighted by Gasteiger charge is -2.30. The Kier molecular flexibility index (Phi) is 6.49. The smallest absolute Gasteiger partial charge is 0.224 e. The van der Waals surface area contributed by atoms with Crippen LogP contribution in [0, 0.1) is 5.92 Å². The molecule has 0 spiro atoms. The molecule has 1 unspecified atom stereocenters. The van der Waals surface area contributed by atoms with Crippen molar-refractivity contribution in [2.75, 3.05) is 20.3 Å². The number of nitrogens with zero attached hydrogens (tertiary/aromatic N) is 3. The Morgan fingerprint density at radius 1 is 1.31 bits per heavy atom. The van der Waals surface area contributed by atoms with Gasteiger partial charge in [-0.2, -0.15) is 5.10 Å². The predicted molar refractivity (Wildman–Crippen MR) is 111 cm³/mol. The highest BCUT2D eigenvalue weighted by Gasteiger charge is 2.27. The van der Waals surface area contributed by atoms with Gasteiger partial charge in [0.2, 0.25) is 5.91 Å². The normalized spacial score (nSPS) is 18.6. The first-order valence-electron chi connectivity index (χ1n) is 10.8. The minimum atomic E-state index is 0.118. The molecule has 2 aliphatic rings. The van der Waals surface area contributed by atoms with Crippen LogP contribution in [0.3, 0.4) is 0 Å². The molecule has 6 nitrogen and oxygen atoms in total. The molecule has 2 aromatic rings. The van der Waals surface area contributed by atoms with E-state index in [0.29, 0.717) is 38.6 Å². The molecule has 4 rings (SSSR count). The van der Waals surface area contributed by atoms with Crippen LogP contribution in [0.5, 0.6) is 5.75 Å². The Bertz CT molecular complexity index is 800. The number of carbonyl (C=O) groups is 1. The first-order valence-corrected chi connectivity index (χ1v) is 10.8. The molecule has 156 valence electrons. The molecule has 1 saturated carbocycles. The van der Waals surface area contributed by atoms with Gasteiger partial charge in [0.05, 0.1) is 12.6 Å². The topological polar surface area (TPSA) is 56.6 Å². The lowest BCUT2D eigenvalue weighted by Crippen LogP contribution is -2.33. The monoisotopic (exact) mass is 397 g/mol. The molecule has 1 aliphatic heterocycles. The number of amides is 1. The second kappa shape index (κ2) is 9.44. The Hall–Kier alpha value is -2.34. The van der Waals surface area contributed by atoms with Crippen molar-refractivity contribution in [3.8, 4) is 5.75 Å². The molecule has 1 aromatic carbocycles. The number of hydrogen-bond acceptors (Lipinski definition) is 4. The van der Waals surface area contributed by atoms with Crippen LogP contribution < -0.4 is 4.74 Å². The zero-order chi connectivity index (χ0) is 20.1. The fourth-order valence-electron chi connectivity index (χ4n) is 4.64. The largest absolute Gasteiger partial charge is 0.491 e. The van der Waals surface area contributed by atoms with E-state index < -0.39 is 0 Å². The van der Waals surface area contributed by atoms with E-state index in [1.54, 1.807) is 10.9 Å². The lowest BCUT2D eigenvalue weighted by atomic mass is 9.82. The molecule has 0 N–H and O–H groups in total. The fraction of sp³-hybridized carbons (Fsp3) is 0.565. The van der Waals surface area contributed by atoms with Crippen molar-refractivity contribution in [3.05, 3.63) is 47.8 Å². The van der Waals surface area contributed by atoms with Crippen molar-refractivity contribution in [3.63, 3.8) is 0 Å². The SMILES string of the molecule is COC(c1ccc2c(c1)CN(C(=O)CCn1cccn1)CCO2)C1CCCCC1. The summed E-state index contributed by atoms with van der Waals surface area (Å²) in [5.74, 6) is 1.60. The maximum Gasteiger partial charge on any atom is 0.224 e. The molecule has 1 amide bonds. The Morgan fingerprint density at radius 3 is 2.93 bits per heavy atom. The second-order valence-electron chi connectivity index (χ2n) is 8.10. The van der Waals surface area contributed by atoms with Gasteiger partial charge < -0.3 is 14.4 Å². The third kappa shape index (κ3) is 4.81. The molecule has 0 bridgehead atoms. The summed E-state index contributed by atoms with van der Waals surface area (Å²) in [4.78, 5) is 14.7. The van der Waals surface area contributed by atoms with Gasteiger partial charge in [-0.1, -0.05) is 25.3 Å². The van der Waals surface area contributed by atoms with Gasteiger partial charge in [0.25, 0.3) is 0 Å². The van der Waals surface area contributed by atoms with Gasteiger partial charge in [0, 0.05) is 44.6 Å². The highest BCUT2D eigenvalue weighted by atomic mass is 16.5. The highest BCUT2D eigenvalue weighted by Crippen LogP contribution is 2.38. The van der Waals surface area contributed by atoms with E-state index >= 15 is 0 Å². The average Bonchev–Trinajstić information content (AvgIpc) is 3.18. The molecule has 1 aliphatic carbocycles. The predicted octanol–water partition coefficient (Wildman–Crippen LogP) is 3.96. The number of ether oxygens (including phenoxy) is 2. The summed E-state index contributed by atoms with van der Waals surface area (Å²) < 4.78 is 13.7. The van der Waals surface area contributed by atoms with E-state index in [2.05, 4.69) is 23.3 Å². The average molecular weight is 398 g/mol. The van der Waals surface area contributed by atoms with E-state index in [1.165, 1.54) is 37.7 Å². The minimum absolute atomic E-state index is 0.118. The molecule has 0 radical (unpaired) electrons. The number of benzene rings is 1. The molecule has 29 heavy (non-hydrogen) atoms. The summed E-state index contributed by atoms with van der Waals surface area (Å²) >= 11 is 0. The Labute approximate surface area is 172 Å². The highest BCUT2D eigenvalue weighted by molar-refractivity contribution is 5.76. The Morgan fingerprint density at radius 2 is 2.17 bits per heavy atom. The van der Waals surface area contributed by atoms with Crippen molar-refractivity contribution < 1.29 is 14.3 Å². The van der Waals surface area contributed by atoms with Gasteiger partial charge in [-0.25, -0.2) is 0 Å². The van der Waals surface area contributed by atoms with E-state index in [9.17, 15) is 4.79 Å². The van der Waals surface area contributed by atoms with Gasteiger partial charge in [0.15, 0.2) is 0 Å². The second-order valence-corrected chi connectivity index (χ2v) is 8.10. The zero-order valence-electron chi connectivity index (χ0n) is 17.3. The van der Waals surface area contributed by atoms with Crippen molar-refractivity contribution >= 4 is 5.91 Å². The number of carbonyl (C=O) groups excluding carboxylic acids is 1. The lowest BCUT2D eigenvalue weighted by molar-refractivity contribution is -0.132. The van der Waals surface area contributed by atoms with E-state index in [0.717, 1.165) is 11.3 Å². The number of aromatic nitrogens is 2. The summed E-state index contributed by atoms with van der Waals surface area (Å²) in [5, 5.41) is 4.18. The molecule has 1 fully saturated rings. The summed E-state index contributed by atoms with van der Waals surface area (Å²) in [6.07, 6.45) is 10.5. The van der Waals surface area contributed by atoms with Crippen molar-refractivity contribution in [1.82, 2.24) is 14.7 Å². The van der Waals surface area contributed by atoms with Crippen LogP contribution >= 0.6 is 0 Å². The fourth-order valence-corrected chi connectivity index (χ4v) is 4.64. The standard InChI is InChI=1S/C23H31N3O3/c1-28-23(18-6-3-2-4-7-18)19-8-9-21-20(16-19)17-25(14-15-29-21)22(27)10-13-26-12-5-11-24-26/h5,8-9,11-12,16,18,23H,2-4,6-7,10,13-15,17H2,1H3. The molecule has 1 aromatic heterocycles. The molecule has 0 saturated heterocycles. The van der Waals surface area contributed by atoms with Crippen molar-refractivity contribution in [2.24, 2.45) is 5.92 Å². The van der Waals surface area contributed by atoms with Crippen LogP contribution in [-0.2, 0) is 22.6 Å². The molecule has 1 atom stereocenters. The van der Waals surface area contributed by atoms with Crippen LogP contribution in [0.1, 0.15) is 55.8 Å². The summed E-state index contributed by atoms with van der Waals surface area (Å²) in [6, 6.07) is 8.26. The maximum atomic E-state index is 12.8. The summed E-state index contributed by atoms with van der Waals surface area (Å²) in [5.41, 5.74) is 2.28. The van der Waals surface area contributed by atoms with Crippen LogP contribution in [0.15, 0.2) is 36.7 Å². The number of rotatable bonds is 6. The van der Waals surface area contributed by atoms with Crippen LogP contribution in [0.4, 0.5) is 0 Å². The van der Waals surface area contributed by atoms with E-state index in [-0.39, 0.29) is 12.0 Å². The first-order chi connectivity index (χ1) is 14.2. The quantitative estimate of drug-likeness (QED) is 0.740. The van der Waals surface area contributed by atoms with Gasteiger partial charge in [-0.3, -0.25) is 9.48 Å². The maximum absolute atomic E-state index is 12.8. The summed E-state index contributed by atoms with van der Waals surface area (Å²) in [6.45, 7) is 2.32. The van der Waals surface area contributed by atoms with E-state index in [4.69, 9.17) is 9.47 Å². The van der Waals surface area contributed by atoms with Crippen molar-refractivity contribution in [2.45, 2.75) is 57.7 Å². The molecular weight excluding hydrogens is 366 g/mol. The molecular formula is C23H31N3O3. The Balaban J connectivity index is 1.47. The molecule has 2 heterocycles. The van der Waals surface area contributed by atoms with Crippen LogP contribution in [-0.4, -0.2) is 40.8 Å². The minimum Gasteiger partial charge on any atom is -0.491 e. The van der Waals surface area contributed by atoms with Crippen molar-refractivity contribution in [1.29, 1.82) is 0 Å². The molecule has 6 heteroatoms. The first kappa shape index (κ1) is 20.0. The van der Waals surface area contributed by atoms with E-state index in [1.807, 2.05) is 24.3 Å². The zero-order valence-corrected chi connectivity index (χ0v) is 17.3.